The predicted molar refractivity (Wildman–Crippen MR) is 91.0 cm³/mol. The van der Waals surface area contributed by atoms with Crippen LogP contribution in [0.5, 0.6) is 0 Å². The Labute approximate surface area is 148 Å². The summed E-state index contributed by atoms with van der Waals surface area (Å²) < 4.78 is 15.6. The Morgan fingerprint density at radius 3 is 2.72 bits per heavy atom. The zero-order chi connectivity index (χ0) is 18.0. The zero-order valence-corrected chi connectivity index (χ0v) is 14.7. The molecule has 9 heteroatoms. The Hall–Kier alpha value is -2.26. The fraction of sp³-hybridized carbons (Fsp3) is 0.438. The molecule has 2 amide bonds. The molecule has 2 aliphatic heterocycles. The number of hydrogen-bond donors (Lipinski definition) is 0. The summed E-state index contributed by atoms with van der Waals surface area (Å²) >= 11 is 0.775. The molecule has 0 saturated carbocycles. The highest BCUT2D eigenvalue weighted by Crippen LogP contribution is 2.34. The molecule has 25 heavy (non-hydrogen) atoms. The van der Waals surface area contributed by atoms with Gasteiger partial charge in [0.05, 0.1) is 25.2 Å². The Morgan fingerprint density at radius 2 is 2.04 bits per heavy atom. The zero-order valence-electron chi connectivity index (χ0n) is 13.9. The van der Waals surface area contributed by atoms with Gasteiger partial charge < -0.3 is 18.8 Å². The summed E-state index contributed by atoms with van der Waals surface area (Å²) in [6, 6.07) is 2.59. The van der Waals surface area contributed by atoms with Crippen LogP contribution in [0, 0.1) is 0 Å². The van der Waals surface area contributed by atoms with E-state index in [-0.39, 0.29) is 4.91 Å². The van der Waals surface area contributed by atoms with Crippen molar-refractivity contribution in [2.75, 3.05) is 38.3 Å². The number of ether oxygens (including phenoxy) is 2. The van der Waals surface area contributed by atoms with Gasteiger partial charge in [-0.15, -0.1) is 0 Å². The molecular weight excluding hydrogens is 348 g/mol. The van der Waals surface area contributed by atoms with Crippen LogP contribution in [0.15, 0.2) is 21.5 Å². The Kier molecular flexibility index (Phi) is 5.14. The molecule has 0 radical (unpaired) electrons. The van der Waals surface area contributed by atoms with Crippen molar-refractivity contribution in [1.29, 1.82) is 0 Å². The van der Waals surface area contributed by atoms with E-state index in [2.05, 4.69) is 4.74 Å². The topological polar surface area (TPSA) is 89.3 Å². The summed E-state index contributed by atoms with van der Waals surface area (Å²) in [5.41, 5.74) is 0. The van der Waals surface area contributed by atoms with Gasteiger partial charge in [-0.25, -0.2) is 4.79 Å². The van der Waals surface area contributed by atoms with Gasteiger partial charge in [-0.1, -0.05) is 0 Å². The summed E-state index contributed by atoms with van der Waals surface area (Å²) in [5, 5.41) is -0.505. The highest BCUT2D eigenvalue weighted by Gasteiger charge is 2.41. The maximum absolute atomic E-state index is 12.4. The number of carbonyl (C=O) groups is 3. The minimum absolute atomic E-state index is 0.212. The van der Waals surface area contributed by atoms with E-state index in [0.29, 0.717) is 24.9 Å². The first-order chi connectivity index (χ1) is 12.0. The highest BCUT2D eigenvalue weighted by molar-refractivity contribution is 8.18. The summed E-state index contributed by atoms with van der Waals surface area (Å²) in [6.07, 6.45) is 1.51. The SMILES string of the molecule is COC(=O)[C@H](C)N1C(=O)S/C(=C\c2ccc(N3CCOCC3)o2)C1=O. The van der Waals surface area contributed by atoms with Crippen LogP contribution in [0.2, 0.25) is 0 Å². The van der Waals surface area contributed by atoms with Crippen LogP contribution in [0.4, 0.5) is 10.7 Å². The van der Waals surface area contributed by atoms with Crippen molar-refractivity contribution in [3.8, 4) is 0 Å². The van der Waals surface area contributed by atoms with Crippen LogP contribution in [-0.4, -0.2) is 61.5 Å². The number of morpholine rings is 1. The van der Waals surface area contributed by atoms with Crippen molar-refractivity contribution >= 4 is 40.8 Å². The molecule has 0 aromatic carbocycles. The Morgan fingerprint density at radius 1 is 1.32 bits per heavy atom. The minimum Gasteiger partial charge on any atom is -0.467 e. The fourth-order valence-electron chi connectivity index (χ4n) is 2.59. The lowest BCUT2D eigenvalue weighted by atomic mass is 10.3. The number of furan rings is 1. The molecule has 2 fully saturated rings. The quantitative estimate of drug-likeness (QED) is 0.588. The number of carbonyl (C=O) groups excluding carboxylic acids is 3. The van der Waals surface area contributed by atoms with Gasteiger partial charge in [0.25, 0.3) is 11.1 Å². The maximum Gasteiger partial charge on any atom is 0.328 e. The first-order valence-electron chi connectivity index (χ1n) is 7.78. The number of methoxy groups -OCH3 is 1. The highest BCUT2D eigenvalue weighted by atomic mass is 32.2. The van der Waals surface area contributed by atoms with E-state index in [1.807, 2.05) is 11.0 Å². The van der Waals surface area contributed by atoms with Crippen molar-refractivity contribution < 1.29 is 28.3 Å². The van der Waals surface area contributed by atoms with Crippen LogP contribution >= 0.6 is 11.8 Å². The standard InChI is InChI=1S/C16H18N2O6S/c1-10(15(20)22-2)18-14(19)12(25-16(18)21)9-11-3-4-13(24-11)17-5-7-23-8-6-17/h3-4,9-10H,5-8H2,1-2H3/b12-9-/t10-/m0/s1. The van der Waals surface area contributed by atoms with Gasteiger partial charge in [0, 0.05) is 25.2 Å². The lowest BCUT2D eigenvalue weighted by Gasteiger charge is -2.26. The first-order valence-corrected chi connectivity index (χ1v) is 8.60. The third-order valence-corrected chi connectivity index (χ3v) is 4.85. The molecule has 0 unspecified atom stereocenters. The van der Waals surface area contributed by atoms with Gasteiger partial charge in [0.1, 0.15) is 11.8 Å². The van der Waals surface area contributed by atoms with Gasteiger partial charge in [0.15, 0.2) is 5.88 Å². The monoisotopic (exact) mass is 366 g/mol. The van der Waals surface area contributed by atoms with E-state index in [9.17, 15) is 14.4 Å². The minimum atomic E-state index is -0.969. The first kappa shape index (κ1) is 17.6. The Balaban J connectivity index is 1.76. The predicted octanol–water partition coefficient (Wildman–Crippen LogP) is 1.71. The van der Waals surface area contributed by atoms with Crippen molar-refractivity contribution in [1.82, 2.24) is 4.90 Å². The fourth-order valence-corrected chi connectivity index (χ4v) is 3.48. The lowest BCUT2D eigenvalue weighted by Crippen LogP contribution is -2.42. The number of amides is 2. The summed E-state index contributed by atoms with van der Waals surface area (Å²) in [5.74, 6) is -0.0113. The molecule has 1 aromatic heterocycles. The molecule has 0 bridgehead atoms. The molecule has 0 aliphatic carbocycles. The molecule has 3 rings (SSSR count). The largest absolute Gasteiger partial charge is 0.467 e. The van der Waals surface area contributed by atoms with Gasteiger partial charge >= 0.3 is 5.97 Å². The average molecular weight is 366 g/mol. The number of hydrogen-bond acceptors (Lipinski definition) is 8. The third kappa shape index (κ3) is 3.57. The van der Waals surface area contributed by atoms with Crippen molar-refractivity contribution in [2.24, 2.45) is 0 Å². The smallest absolute Gasteiger partial charge is 0.328 e. The average Bonchev–Trinajstić information content (AvgIpc) is 3.19. The second-order valence-electron chi connectivity index (χ2n) is 5.53. The van der Waals surface area contributed by atoms with E-state index < -0.39 is 23.2 Å². The van der Waals surface area contributed by atoms with Crippen LogP contribution in [-0.2, 0) is 19.1 Å². The molecule has 3 heterocycles. The van der Waals surface area contributed by atoms with Gasteiger partial charge in [-0.2, -0.15) is 0 Å². The van der Waals surface area contributed by atoms with Crippen LogP contribution in [0.1, 0.15) is 12.7 Å². The Bertz CT molecular complexity index is 722. The number of esters is 1. The summed E-state index contributed by atoms with van der Waals surface area (Å²) in [4.78, 5) is 39.3. The van der Waals surface area contributed by atoms with E-state index in [1.165, 1.54) is 20.1 Å². The molecule has 2 aliphatic rings. The second kappa shape index (κ2) is 7.32. The molecule has 0 spiro atoms. The third-order valence-electron chi connectivity index (χ3n) is 3.96. The number of imide groups is 1. The maximum atomic E-state index is 12.4. The van der Waals surface area contributed by atoms with Gasteiger partial charge in [0.2, 0.25) is 0 Å². The van der Waals surface area contributed by atoms with Gasteiger partial charge in [-0.05, 0) is 24.8 Å². The van der Waals surface area contributed by atoms with E-state index >= 15 is 0 Å². The number of anilines is 1. The van der Waals surface area contributed by atoms with Crippen LogP contribution in [0.25, 0.3) is 6.08 Å². The molecule has 134 valence electrons. The molecule has 1 aromatic rings. The number of rotatable bonds is 4. The van der Waals surface area contributed by atoms with Crippen LogP contribution in [0.3, 0.4) is 0 Å². The number of nitrogens with zero attached hydrogens (tertiary/aromatic N) is 2. The molecular formula is C16H18N2O6S. The number of thioether (sulfide) groups is 1. The van der Waals surface area contributed by atoms with Crippen LogP contribution < -0.4 is 4.90 Å². The van der Waals surface area contributed by atoms with Gasteiger partial charge in [-0.3, -0.25) is 14.5 Å². The molecule has 1 atom stereocenters. The molecule has 2 saturated heterocycles. The lowest BCUT2D eigenvalue weighted by molar-refractivity contribution is -0.148. The van der Waals surface area contributed by atoms with E-state index in [4.69, 9.17) is 9.15 Å². The van der Waals surface area contributed by atoms with Crippen molar-refractivity contribution in [3.63, 3.8) is 0 Å². The van der Waals surface area contributed by atoms with E-state index in [0.717, 1.165) is 29.8 Å². The van der Waals surface area contributed by atoms with E-state index in [1.54, 1.807) is 6.07 Å². The second-order valence-corrected chi connectivity index (χ2v) is 6.52. The van der Waals surface area contributed by atoms with Crippen molar-refractivity contribution in [2.45, 2.75) is 13.0 Å². The molecule has 8 nitrogen and oxygen atoms in total. The normalized spacial score (nSPS) is 21.1. The van der Waals surface area contributed by atoms with Crippen molar-refractivity contribution in [3.05, 3.63) is 22.8 Å². The summed E-state index contributed by atoms with van der Waals surface area (Å²) in [6.45, 7) is 4.20. The molecule has 0 N–H and O–H groups in total. The summed E-state index contributed by atoms with van der Waals surface area (Å²) in [7, 11) is 1.21.